The monoisotopic (exact) mass is 1860 g/mol. The summed E-state index contributed by atoms with van der Waals surface area (Å²) >= 11 is 0. The van der Waals surface area contributed by atoms with Gasteiger partial charge in [-0.2, -0.15) is 0 Å². The second kappa shape index (κ2) is 34.7. The summed E-state index contributed by atoms with van der Waals surface area (Å²) in [7, 11) is 0. The molecular formula is C129H108B3N3O8. The summed E-state index contributed by atoms with van der Waals surface area (Å²) in [6, 6.07) is 130. The highest BCUT2D eigenvalue weighted by Crippen LogP contribution is 2.55. The molecule has 143 heavy (non-hydrogen) atoms. The molecule has 0 amide bonds. The molecule has 0 radical (unpaired) electrons. The van der Waals surface area contributed by atoms with Crippen LogP contribution in [0, 0.1) is 0 Å². The molecule has 2 aromatic heterocycles. The molecule has 0 fully saturated rings. The lowest BCUT2D eigenvalue weighted by Crippen LogP contribution is -2.57. The lowest BCUT2D eigenvalue weighted by molar-refractivity contribution is 0.463. The van der Waals surface area contributed by atoms with Gasteiger partial charge in [0.05, 0.1) is 28.4 Å². The zero-order chi connectivity index (χ0) is 97.2. The number of nitrogens with zero attached hydrogens (tertiary/aromatic N) is 3. The lowest BCUT2D eigenvalue weighted by atomic mass is 9.34. The SMILES string of the molecule is CC(C)c1ccc2c(c1)B1c3cc(C(C)C)ccc3Oc3cc(N(c4ccccc4)c4ccc5c(c4)C(C)(C)c4ccccc4-5)cc(c31)O2.CC(C)c1ccc2c(c1)B1c3cc(C(C)C)ccc3Oc3cc(N(c4ccccc4)c4cccc5c4oc4ccccc45)cc(c31)O2.CC(C)c1ccc2c(c1)Oc1cc(N(c3ccccc3)c3cccc4c3oc3ccccc34)cc3c1B2c1ccc(C(C)C)cc1O3. The Morgan fingerprint density at radius 2 is 0.510 bits per heavy atom. The van der Waals surface area contributed by atoms with Crippen molar-refractivity contribution in [3.63, 3.8) is 0 Å². The van der Waals surface area contributed by atoms with Gasteiger partial charge in [0.1, 0.15) is 80.2 Å². The topological polar surface area (TPSA) is 91.4 Å². The Labute approximate surface area is 837 Å². The van der Waals surface area contributed by atoms with Crippen molar-refractivity contribution in [3.05, 3.63) is 408 Å². The van der Waals surface area contributed by atoms with Gasteiger partial charge in [0.2, 0.25) is 0 Å². The van der Waals surface area contributed by atoms with Crippen molar-refractivity contribution in [2.75, 3.05) is 14.7 Å². The first-order chi connectivity index (χ1) is 69.6. The minimum absolute atomic E-state index is 0.00271. The quantitative estimate of drug-likeness (QED) is 0.0919. The second-order valence-corrected chi connectivity index (χ2v) is 41.6. The Balaban J connectivity index is 0.000000113. The van der Waals surface area contributed by atoms with Gasteiger partial charge >= 0.3 is 0 Å². The summed E-state index contributed by atoms with van der Waals surface area (Å²) < 4.78 is 54.2. The van der Waals surface area contributed by atoms with Crippen LogP contribution in [0.3, 0.4) is 0 Å². The van der Waals surface area contributed by atoms with E-state index in [9.17, 15) is 0 Å². The Hall–Kier alpha value is -16.0. The first-order valence-electron chi connectivity index (χ1n) is 50.6. The molecule has 27 rings (SSSR count). The van der Waals surface area contributed by atoms with Crippen LogP contribution in [0.1, 0.15) is 177 Å². The average molecular weight is 1860 g/mol. The van der Waals surface area contributed by atoms with Crippen molar-refractivity contribution in [2.45, 2.75) is 138 Å². The highest BCUT2D eigenvalue weighted by atomic mass is 16.5. The van der Waals surface area contributed by atoms with Gasteiger partial charge in [0.15, 0.2) is 11.2 Å². The smallest absolute Gasteiger partial charge is 0.260 e. The number of para-hydroxylation sites is 7. The third-order valence-electron chi connectivity index (χ3n) is 30.4. The van der Waals surface area contributed by atoms with Crippen molar-refractivity contribution in [3.8, 4) is 80.1 Å². The number of hydrogen-bond acceptors (Lipinski definition) is 11. The van der Waals surface area contributed by atoms with E-state index in [1.54, 1.807) is 0 Å². The summed E-state index contributed by atoms with van der Waals surface area (Å²) in [6.45, 7) is 31.6. The van der Waals surface area contributed by atoms with Gasteiger partial charge in [0.25, 0.3) is 20.1 Å². The predicted octanol–water partition coefficient (Wildman–Crippen LogP) is 30.5. The van der Waals surface area contributed by atoms with Crippen LogP contribution < -0.4 is 92.3 Å². The van der Waals surface area contributed by atoms with Crippen LogP contribution >= 0.6 is 0 Å². The third-order valence-corrected chi connectivity index (χ3v) is 30.4. The zero-order valence-corrected chi connectivity index (χ0v) is 82.9. The van der Waals surface area contributed by atoms with E-state index in [4.69, 9.17) is 37.3 Å². The zero-order valence-electron chi connectivity index (χ0n) is 82.9. The van der Waals surface area contributed by atoms with Gasteiger partial charge < -0.3 is 52.0 Å². The number of anilines is 9. The van der Waals surface area contributed by atoms with Crippen molar-refractivity contribution in [1.82, 2.24) is 0 Å². The number of benzene rings is 18. The fraction of sp³-hybridized carbons (Fsp3) is 0.163. The molecule has 0 bridgehead atoms. The molecule has 8 heterocycles. The first-order valence-corrected chi connectivity index (χ1v) is 50.6. The lowest BCUT2D eigenvalue weighted by Gasteiger charge is -2.35. The van der Waals surface area contributed by atoms with Gasteiger partial charge in [-0.3, -0.25) is 0 Å². The fourth-order valence-corrected chi connectivity index (χ4v) is 22.8. The van der Waals surface area contributed by atoms with Crippen LogP contribution in [0.15, 0.2) is 373 Å². The van der Waals surface area contributed by atoms with E-state index in [-0.39, 0.29) is 25.6 Å². The van der Waals surface area contributed by atoms with Gasteiger partial charge in [0, 0.05) is 102 Å². The highest BCUT2D eigenvalue weighted by Gasteiger charge is 2.47. The molecule has 0 N–H and O–H groups in total. The van der Waals surface area contributed by atoms with E-state index in [0.29, 0.717) is 35.5 Å². The van der Waals surface area contributed by atoms with E-state index < -0.39 is 0 Å². The van der Waals surface area contributed by atoms with Crippen molar-refractivity contribution >= 4 is 164 Å². The fourth-order valence-electron chi connectivity index (χ4n) is 22.8. The number of ether oxygens (including phenoxy) is 6. The maximum atomic E-state index is 6.86. The molecule has 0 spiro atoms. The molecule has 0 unspecified atom stereocenters. The average Bonchev–Trinajstić information content (AvgIpc) is 1.62. The summed E-state index contributed by atoms with van der Waals surface area (Å²) in [5, 5.41) is 4.36. The van der Waals surface area contributed by atoms with Gasteiger partial charge in [-0.15, -0.1) is 0 Å². The molecular weight excluding hydrogens is 1750 g/mol. The third kappa shape index (κ3) is 14.9. The maximum absolute atomic E-state index is 6.86. The molecule has 11 nitrogen and oxygen atoms in total. The Morgan fingerprint density at radius 1 is 0.210 bits per heavy atom. The van der Waals surface area contributed by atoms with Crippen LogP contribution in [0.4, 0.5) is 51.2 Å². The van der Waals surface area contributed by atoms with E-state index >= 15 is 0 Å². The molecule has 0 saturated heterocycles. The van der Waals surface area contributed by atoms with Gasteiger partial charge in [-0.1, -0.05) is 315 Å². The number of hydrogen-bond donors (Lipinski definition) is 0. The maximum Gasteiger partial charge on any atom is 0.260 e. The number of rotatable bonds is 15. The number of furan rings is 2. The van der Waals surface area contributed by atoms with Crippen LogP contribution in [0.2, 0.25) is 0 Å². The van der Waals surface area contributed by atoms with Crippen molar-refractivity contribution in [2.24, 2.45) is 0 Å². The molecule has 6 aliphatic heterocycles. The Bertz CT molecular complexity index is 8280. The van der Waals surface area contributed by atoms with Crippen molar-refractivity contribution in [1.29, 1.82) is 0 Å². The van der Waals surface area contributed by atoms with Crippen LogP contribution in [0.5, 0.6) is 69.0 Å². The first kappa shape index (κ1) is 88.4. The molecule has 18 aromatic carbocycles. The minimum Gasteiger partial charge on any atom is -0.458 e. The largest absolute Gasteiger partial charge is 0.458 e. The summed E-state index contributed by atoms with van der Waals surface area (Å²) in [6.07, 6.45) is 0. The Kier molecular flexibility index (Phi) is 21.5. The molecule has 14 heteroatoms. The van der Waals surface area contributed by atoms with Crippen LogP contribution in [0.25, 0.3) is 55.0 Å². The van der Waals surface area contributed by atoms with Crippen molar-refractivity contribution < 1.29 is 37.3 Å². The molecule has 0 atom stereocenters. The molecule has 20 aromatic rings. The second-order valence-electron chi connectivity index (χ2n) is 41.6. The van der Waals surface area contributed by atoms with Crippen LogP contribution in [-0.4, -0.2) is 20.1 Å². The molecule has 696 valence electrons. The molecule has 1 aliphatic carbocycles. The highest BCUT2D eigenvalue weighted by molar-refractivity contribution is 6.99. The summed E-state index contributed by atoms with van der Waals surface area (Å²) in [5.41, 5.74) is 35.7. The minimum atomic E-state index is -0.108. The molecule has 0 saturated carbocycles. The van der Waals surface area contributed by atoms with E-state index in [0.717, 1.165) is 180 Å². The molecule has 7 aliphatic rings. The van der Waals surface area contributed by atoms with Gasteiger partial charge in [-0.05, 0) is 233 Å². The standard InChI is InChI=1S/C45H40BNO2.2C42H34BNO3/c1-27(2)29-16-20-40-38(22-29)46-39-23-30(28(3)4)17-21-41(39)49-43-26-33(25-42(48-40)44(43)46)47(31-12-8-7-9-13-31)32-18-19-35-34-14-10-11-15-36(34)45(5,6)37(35)24-32;1-25(2)27-17-19-37-33(21-27)43-34-22-28(26(3)4)18-20-38(34)46-40-24-30(23-39(45-37)41(40)43)44(29-11-6-5-7-12-29)35-15-10-14-32-31-13-8-9-16-36(31)47-42(32)35;1-25(2)27-17-19-33-37(21-27)45-39-23-30(24-40-41(39)43(33)34-20-18-28(26(3)4)22-38(34)46-40)44(29-11-6-5-7-12-29)35-15-10-14-32-31-13-8-9-16-36(31)47-42(32)35/h7-28H,1-6H3;2*5-26H,1-4H3. The van der Waals surface area contributed by atoms with Crippen LogP contribution in [-0.2, 0) is 5.41 Å². The van der Waals surface area contributed by atoms with Gasteiger partial charge in [-0.25, -0.2) is 0 Å². The van der Waals surface area contributed by atoms with E-state index in [2.05, 4.69) is 439 Å². The number of fused-ring (bicyclic) bond motifs is 21. The summed E-state index contributed by atoms with van der Waals surface area (Å²) in [5.74, 6) is 12.8. The summed E-state index contributed by atoms with van der Waals surface area (Å²) in [4.78, 5) is 6.84. The van der Waals surface area contributed by atoms with E-state index in [1.807, 2.05) is 36.4 Å². The predicted molar refractivity (Wildman–Crippen MR) is 593 cm³/mol. The van der Waals surface area contributed by atoms with E-state index in [1.165, 1.54) is 88.4 Å². The Morgan fingerprint density at radius 3 is 0.888 bits per heavy atom. The normalized spacial score (nSPS) is 13.4.